The highest BCUT2D eigenvalue weighted by Crippen LogP contribution is 2.39. The zero-order valence-electron chi connectivity index (χ0n) is 8.16. The summed E-state index contributed by atoms with van der Waals surface area (Å²) in [4.78, 5) is 10.7. The fourth-order valence-corrected chi connectivity index (χ4v) is 1.73. The second-order valence-corrected chi connectivity index (χ2v) is 3.95. The minimum absolute atomic E-state index is 0.166. The first-order chi connectivity index (χ1) is 6.07. The smallest absolute Gasteiger partial charge is 0.304 e. The molecule has 0 aromatic carbocycles. The lowest BCUT2D eigenvalue weighted by Crippen LogP contribution is -2.28. The topological polar surface area (TPSA) is 37.3 Å². The first-order valence-corrected chi connectivity index (χ1v) is 4.63. The molecule has 0 aromatic heterocycles. The van der Waals surface area contributed by atoms with Crippen molar-refractivity contribution < 1.29 is 9.90 Å². The zero-order valence-corrected chi connectivity index (χ0v) is 8.16. The Hall–Kier alpha value is -1.05. The van der Waals surface area contributed by atoms with E-state index >= 15 is 0 Å². The van der Waals surface area contributed by atoms with E-state index in [-0.39, 0.29) is 11.8 Å². The number of hydrogen-bond donors (Lipinski definition) is 1. The lowest BCUT2D eigenvalue weighted by atomic mass is 9.70. The highest BCUT2D eigenvalue weighted by molar-refractivity contribution is 5.68. The van der Waals surface area contributed by atoms with E-state index in [1.165, 1.54) is 0 Å². The van der Waals surface area contributed by atoms with Crippen LogP contribution in [0.1, 0.15) is 26.7 Å². The van der Waals surface area contributed by atoms with Crippen LogP contribution in [0.15, 0.2) is 24.3 Å². The lowest BCUT2D eigenvalue weighted by molar-refractivity contribution is -0.139. The maximum absolute atomic E-state index is 10.7. The Labute approximate surface area is 79.0 Å². The molecule has 13 heavy (non-hydrogen) atoms. The highest BCUT2D eigenvalue weighted by Gasteiger charge is 2.33. The van der Waals surface area contributed by atoms with E-state index < -0.39 is 5.97 Å². The fourth-order valence-electron chi connectivity index (χ4n) is 1.73. The summed E-state index contributed by atoms with van der Waals surface area (Å²) < 4.78 is 0. The van der Waals surface area contributed by atoms with Crippen LogP contribution in [0.25, 0.3) is 0 Å². The molecule has 0 aliphatic heterocycles. The first kappa shape index (κ1) is 10.0. The minimum Gasteiger partial charge on any atom is -0.481 e. The predicted molar refractivity (Wildman–Crippen MR) is 52.4 cm³/mol. The van der Waals surface area contributed by atoms with E-state index in [0.717, 1.165) is 6.42 Å². The van der Waals surface area contributed by atoms with Gasteiger partial charge in [-0.2, -0.15) is 0 Å². The third kappa shape index (κ3) is 2.20. The number of carbonyl (C=O) groups is 1. The van der Waals surface area contributed by atoms with Crippen LogP contribution < -0.4 is 0 Å². The van der Waals surface area contributed by atoms with Crippen LogP contribution in [0.5, 0.6) is 0 Å². The standard InChI is InChI=1S/C11H16O2/c1-9(2)11(8-10(12)13)6-4-3-5-7-11/h3-6,9H,7-8H2,1-2H3,(H,12,13). The molecule has 1 N–H and O–H groups in total. The van der Waals surface area contributed by atoms with Gasteiger partial charge in [0.1, 0.15) is 0 Å². The van der Waals surface area contributed by atoms with Crippen molar-refractivity contribution in [2.45, 2.75) is 26.7 Å². The maximum Gasteiger partial charge on any atom is 0.304 e. The van der Waals surface area contributed by atoms with Crippen molar-refractivity contribution >= 4 is 5.97 Å². The van der Waals surface area contributed by atoms with E-state index in [4.69, 9.17) is 5.11 Å². The Morgan fingerprint density at radius 2 is 2.23 bits per heavy atom. The van der Waals surface area contributed by atoms with Gasteiger partial charge in [-0.05, 0) is 12.3 Å². The molecule has 0 radical (unpaired) electrons. The molecule has 2 heteroatoms. The number of aliphatic carboxylic acids is 1. The fraction of sp³-hybridized carbons (Fsp3) is 0.545. The molecule has 0 aromatic rings. The third-order valence-electron chi connectivity index (χ3n) is 2.80. The molecule has 0 bridgehead atoms. The average Bonchev–Trinajstić information content (AvgIpc) is 2.04. The summed E-state index contributed by atoms with van der Waals surface area (Å²) in [5, 5.41) is 8.82. The van der Waals surface area contributed by atoms with Gasteiger partial charge in [0.2, 0.25) is 0 Å². The van der Waals surface area contributed by atoms with Gasteiger partial charge in [-0.25, -0.2) is 0 Å². The van der Waals surface area contributed by atoms with Gasteiger partial charge in [-0.3, -0.25) is 4.79 Å². The number of rotatable bonds is 3. The van der Waals surface area contributed by atoms with Crippen molar-refractivity contribution in [1.82, 2.24) is 0 Å². The summed E-state index contributed by atoms with van der Waals surface area (Å²) in [6.45, 7) is 4.15. The molecule has 1 rings (SSSR count). The third-order valence-corrected chi connectivity index (χ3v) is 2.80. The van der Waals surface area contributed by atoms with Gasteiger partial charge in [0.15, 0.2) is 0 Å². The monoisotopic (exact) mass is 180 g/mol. The van der Waals surface area contributed by atoms with Gasteiger partial charge >= 0.3 is 5.97 Å². The van der Waals surface area contributed by atoms with Crippen LogP contribution in [0.4, 0.5) is 0 Å². The molecule has 0 spiro atoms. The van der Waals surface area contributed by atoms with Gasteiger partial charge < -0.3 is 5.11 Å². The summed E-state index contributed by atoms with van der Waals surface area (Å²) in [6.07, 6.45) is 9.07. The SMILES string of the molecule is CC(C)C1(CC(=O)O)C=CC=CC1. The Kier molecular flexibility index (Phi) is 2.91. The zero-order chi connectivity index (χ0) is 9.90. The molecule has 72 valence electrons. The van der Waals surface area contributed by atoms with Crippen LogP contribution in [-0.4, -0.2) is 11.1 Å². The summed E-state index contributed by atoms with van der Waals surface area (Å²) in [5.74, 6) is -0.349. The van der Waals surface area contributed by atoms with Gasteiger partial charge in [-0.15, -0.1) is 0 Å². The predicted octanol–water partition coefficient (Wildman–Crippen LogP) is 2.62. The number of carboxylic acid groups (broad SMARTS) is 1. The van der Waals surface area contributed by atoms with E-state index in [1.54, 1.807) is 0 Å². The molecule has 0 amide bonds. The summed E-state index contributed by atoms with van der Waals surface area (Å²) in [5.41, 5.74) is -0.166. The summed E-state index contributed by atoms with van der Waals surface area (Å²) >= 11 is 0. The second kappa shape index (κ2) is 3.77. The summed E-state index contributed by atoms with van der Waals surface area (Å²) in [6, 6.07) is 0. The molecule has 0 saturated heterocycles. The van der Waals surface area contributed by atoms with Crippen molar-refractivity contribution in [2.24, 2.45) is 11.3 Å². The number of carboxylic acids is 1. The van der Waals surface area contributed by atoms with Crippen LogP contribution >= 0.6 is 0 Å². The molecule has 1 atom stereocenters. The van der Waals surface area contributed by atoms with Crippen LogP contribution in [0.2, 0.25) is 0 Å². The second-order valence-electron chi connectivity index (χ2n) is 3.95. The molecular formula is C11H16O2. The Morgan fingerprint density at radius 3 is 2.62 bits per heavy atom. The van der Waals surface area contributed by atoms with Crippen molar-refractivity contribution in [3.63, 3.8) is 0 Å². The summed E-state index contributed by atoms with van der Waals surface area (Å²) in [7, 11) is 0. The average molecular weight is 180 g/mol. The Balaban J connectivity index is 2.82. The lowest BCUT2D eigenvalue weighted by Gasteiger charge is -2.33. The van der Waals surface area contributed by atoms with E-state index in [2.05, 4.69) is 13.8 Å². The van der Waals surface area contributed by atoms with E-state index in [9.17, 15) is 4.79 Å². The Morgan fingerprint density at radius 1 is 1.54 bits per heavy atom. The number of hydrogen-bond acceptors (Lipinski definition) is 1. The van der Waals surface area contributed by atoms with Gasteiger partial charge in [0, 0.05) is 5.41 Å². The molecule has 1 unspecified atom stereocenters. The van der Waals surface area contributed by atoms with E-state index in [0.29, 0.717) is 5.92 Å². The van der Waals surface area contributed by atoms with E-state index in [1.807, 2.05) is 24.3 Å². The van der Waals surface area contributed by atoms with Crippen molar-refractivity contribution in [3.8, 4) is 0 Å². The largest absolute Gasteiger partial charge is 0.481 e. The molecule has 1 aliphatic rings. The molecule has 2 nitrogen and oxygen atoms in total. The van der Waals surface area contributed by atoms with Crippen LogP contribution in [-0.2, 0) is 4.79 Å². The maximum atomic E-state index is 10.7. The van der Waals surface area contributed by atoms with Gasteiger partial charge in [0.25, 0.3) is 0 Å². The molecule has 0 saturated carbocycles. The molecular weight excluding hydrogens is 164 g/mol. The molecule has 0 fully saturated rings. The molecule has 0 heterocycles. The quantitative estimate of drug-likeness (QED) is 0.724. The van der Waals surface area contributed by atoms with Crippen molar-refractivity contribution in [2.75, 3.05) is 0 Å². The highest BCUT2D eigenvalue weighted by atomic mass is 16.4. The molecule has 1 aliphatic carbocycles. The number of allylic oxidation sites excluding steroid dienone is 4. The van der Waals surface area contributed by atoms with Gasteiger partial charge in [0.05, 0.1) is 6.42 Å². The van der Waals surface area contributed by atoms with Crippen LogP contribution in [0, 0.1) is 11.3 Å². The minimum atomic E-state index is -0.714. The van der Waals surface area contributed by atoms with Gasteiger partial charge in [-0.1, -0.05) is 38.2 Å². The normalized spacial score (nSPS) is 26.7. The van der Waals surface area contributed by atoms with Crippen molar-refractivity contribution in [3.05, 3.63) is 24.3 Å². The Bertz CT molecular complexity index is 251. The van der Waals surface area contributed by atoms with Crippen LogP contribution in [0.3, 0.4) is 0 Å². The van der Waals surface area contributed by atoms with Crippen molar-refractivity contribution in [1.29, 1.82) is 0 Å². The first-order valence-electron chi connectivity index (χ1n) is 4.63.